The molecule has 19 heavy (non-hydrogen) atoms. The Labute approximate surface area is 115 Å². The van der Waals surface area contributed by atoms with Crippen LogP contribution in [0.5, 0.6) is 0 Å². The minimum atomic E-state index is -0.426. The van der Waals surface area contributed by atoms with Crippen molar-refractivity contribution in [2.45, 2.75) is 44.7 Å². The minimum Gasteiger partial charge on any atom is -0.352 e. The van der Waals surface area contributed by atoms with E-state index in [9.17, 15) is 4.79 Å². The zero-order valence-electron chi connectivity index (χ0n) is 11.6. The second-order valence-corrected chi connectivity index (χ2v) is 4.99. The van der Waals surface area contributed by atoms with Crippen molar-refractivity contribution < 1.29 is 4.79 Å². The Hall–Kier alpha value is -1.39. The molecule has 0 fully saturated rings. The number of carbonyl (C=O) groups is 1. The number of nitrogens with one attached hydrogen (secondary N) is 1. The smallest absolute Gasteiger partial charge is 0.237 e. The zero-order chi connectivity index (χ0) is 14.1. The molecule has 0 aromatic heterocycles. The monoisotopic (exact) mass is 263 g/mol. The average molecular weight is 263 g/mol. The minimum absolute atomic E-state index is 0.0690. The molecule has 0 aliphatic heterocycles. The molecule has 0 saturated heterocycles. The Morgan fingerprint density at radius 2 is 1.95 bits per heavy atom. The van der Waals surface area contributed by atoms with Crippen LogP contribution >= 0.6 is 0 Å². The Morgan fingerprint density at radius 3 is 2.58 bits per heavy atom. The lowest BCUT2D eigenvalue weighted by Crippen LogP contribution is -2.45. The van der Waals surface area contributed by atoms with Gasteiger partial charge < -0.3 is 16.8 Å². The van der Waals surface area contributed by atoms with E-state index in [1.54, 1.807) is 0 Å². The summed E-state index contributed by atoms with van der Waals surface area (Å²) in [5.74, 6) is -0.0690. The maximum Gasteiger partial charge on any atom is 0.237 e. The molecule has 0 spiro atoms. The molecule has 2 atom stereocenters. The van der Waals surface area contributed by atoms with E-state index in [1.165, 1.54) is 5.56 Å². The van der Waals surface area contributed by atoms with Crippen LogP contribution in [0.15, 0.2) is 30.3 Å². The molecule has 1 amide bonds. The Bertz CT molecular complexity index is 367. The van der Waals surface area contributed by atoms with Crippen molar-refractivity contribution in [3.8, 4) is 0 Å². The fourth-order valence-electron chi connectivity index (χ4n) is 2.01. The highest BCUT2D eigenvalue weighted by Gasteiger charge is 2.15. The van der Waals surface area contributed by atoms with Crippen LogP contribution in [0.3, 0.4) is 0 Å². The van der Waals surface area contributed by atoms with E-state index in [0.717, 1.165) is 19.3 Å². The van der Waals surface area contributed by atoms with Crippen LogP contribution in [0.2, 0.25) is 0 Å². The van der Waals surface area contributed by atoms with E-state index in [-0.39, 0.29) is 11.9 Å². The predicted octanol–water partition coefficient (Wildman–Crippen LogP) is 1.19. The van der Waals surface area contributed by atoms with Gasteiger partial charge in [-0.1, -0.05) is 36.8 Å². The summed E-state index contributed by atoms with van der Waals surface area (Å²) in [6.45, 7) is 2.65. The SMILES string of the molecule is C[C@H](Cc1ccccc1)NC(=O)[C@@H](N)CCCCN. The summed E-state index contributed by atoms with van der Waals surface area (Å²) in [4.78, 5) is 11.9. The molecule has 0 radical (unpaired) electrons. The van der Waals surface area contributed by atoms with Crippen LogP contribution < -0.4 is 16.8 Å². The number of rotatable bonds is 8. The molecule has 0 unspecified atom stereocenters. The van der Waals surface area contributed by atoms with Crippen LogP contribution in [-0.4, -0.2) is 24.5 Å². The van der Waals surface area contributed by atoms with Gasteiger partial charge in [-0.25, -0.2) is 0 Å². The highest BCUT2D eigenvalue weighted by molar-refractivity contribution is 5.81. The topological polar surface area (TPSA) is 81.1 Å². The number of unbranched alkanes of at least 4 members (excludes halogenated alkanes) is 1. The zero-order valence-corrected chi connectivity index (χ0v) is 11.6. The van der Waals surface area contributed by atoms with Crippen molar-refractivity contribution in [2.24, 2.45) is 11.5 Å². The Balaban J connectivity index is 2.31. The first-order valence-electron chi connectivity index (χ1n) is 6.93. The average Bonchev–Trinajstić information content (AvgIpc) is 2.39. The lowest BCUT2D eigenvalue weighted by atomic mass is 10.1. The quantitative estimate of drug-likeness (QED) is 0.616. The largest absolute Gasteiger partial charge is 0.352 e. The van der Waals surface area contributed by atoms with E-state index in [0.29, 0.717) is 13.0 Å². The predicted molar refractivity (Wildman–Crippen MR) is 78.6 cm³/mol. The normalized spacial score (nSPS) is 13.8. The molecule has 5 N–H and O–H groups in total. The van der Waals surface area contributed by atoms with Crippen molar-refractivity contribution in [2.75, 3.05) is 6.54 Å². The molecule has 106 valence electrons. The highest BCUT2D eigenvalue weighted by Crippen LogP contribution is 2.04. The first-order chi connectivity index (χ1) is 9.13. The number of hydrogen-bond acceptors (Lipinski definition) is 3. The molecule has 0 bridgehead atoms. The van der Waals surface area contributed by atoms with Gasteiger partial charge in [0.2, 0.25) is 5.91 Å². The molecule has 1 rings (SSSR count). The van der Waals surface area contributed by atoms with Crippen molar-refractivity contribution >= 4 is 5.91 Å². The van der Waals surface area contributed by atoms with E-state index >= 15 is 0 Å². The van der Waals surface area contributed by atoms with E-state index in [2.05, 4.69) is 17.4 Å². The summed E-state index contributed by atoms with van der Waals surface area (Å²) in [7, 11) is 0. The second-order valence-electron chi connectivity index (χ2n) is 4.99. The van der Waals surface area contributed by atoms with Gasteiger partial charge in [0.05, 0.1) is 6.04 Å². The molecule has 1 aromatic rings. The van der Waals surface area contributed by atoms with Crippen LogP contribution in [0.1, 0.15) is 31.7 Å². The molecule has 4 heteroatoms. The van der Waals surface area contributed by atoms with Crippen molar-refractivity contribution in [1.82, 2.24) is 5.32 Å². The molecule has 1 aromatic carbocycles. The van der Waals surface area contributed by atoms with E-state index in [4.69, 9.17) is 11.5 Å². The summed E-state index contributed by atoms with van der Waals surface area (Å²) in [6.07, 6.45) is 3.34. The van der Waals surface area contributed by atoms with Gasteiger partial charge in [-0.2, -0.15) is 0 Å². The summed E-state index contributed by atoms with van der Waals surface area (Å²) >= 11 is 0. The number of hydrogen-bond donors (Lipinski definition) is 3. The van der Waals surface area contributed by atoms with Crippen molar-refractivity contribution in [1.29, 1.82) is 0 Å². The van der Waals surface area contributed by atoms with Gasteiger partial charge in [0.1, 0.15) is 0 Å². The lowest BCUT2D eigenvalue weighted by Gasteiger charge is -2.17. The maximum atomic E-state index is 11.9. The molecular formula is C15H25N3O. The number of benzene rings is 1. The standard InChI is InChI=1S/C15H25N3O/c1-12(11-13-7-3-2-4-8-13)18-15(19)14(17)9-5-6-10-16/h2-4,7-8,12,14H,5-6,9-11,16-17H2,1H3,(H,18,19)/t12-,14+/m1/s1. The molecular weight excluding hydrogens is 238 g/mol. The summed E-state index contributed by atoms with van der Waals surface area (Å²) in [5.41, 5.74) is 12.5. The summed E-state index contributed by atoms with van der Waals surface area (Å²) in [6, 6.07) is 9.78. The van der Waals surface area contributed by atoms with Gasteiger partial charge in [-0.15, -0.1) is 0 Å². The summed E-state index contributed by atoms with van der Waals surface area (Å²) in [5, 5.41) is 2.96. The van der Waals surface area contributed by atoms with Crippen LogP contribution in [0.4, 0.5) is 0 Å². The van der Waals surface area contributed by atoms with Crippen molar-refractivity contribution in [3.63, 3.8) is 0 Å². The van der Waals surface area contributed by atoms with Crippen molar-refractivity contribution in [3.05, 3.63) is 35.9 Å². The Morgan fingerprint density at radius 1 is 1.26 bits per heavy atom. The van der Waals surface area contributed by atoms with Crippen LogP contribution in [0, 0.1) is 0 Å². The highest BCUT2D eigenvalue weighted by atomic mass is 16.2. The van der Waals surface area contributed by atoms with Crippen LogP contribution in [0.25, 0.3) is 0 Å². The molecule has 0 aliphatic carbocycles. The molecule has 4 nitrogen and oxygen atoms in total. The van der Waals surface area contributed by atoms with E-state index < -0.39 is 6.04 Å². The van der Waals surface area contributed by atoms with Crippen LogP contribution in [-0.2, 0) is 11.2 Å². The molecule has 0 saturated carbocycles. The molecule has 0 aliphatic rings. The first-order valence-corrected chi connectivity index (χ1v) is 6.93. The fraction of sp³-hybridized carbons (Fsp3) is 0.533. The van der Waals surface area contributed by atoms with Gasteiger partial charge in [0.15, 0.2) is 0 Å². The number of nitrogens with two attached hydrogens (primary N) is 2. The van der Waals surface area contributed by atoms with Gasteiger partial charge in [0, 0.05) is 6.04 Å². The third kappa shape index (κ3) is 6.36. The molecule has 0 heterocycles. The lowest BCUT2D eigenvalue weighted by molar-refractivity contribution is -0.123. The number of amides is 1. The second kappa shape index (κ2) is 8.67. The Kier molecular flexibility index (Phi) is 7.15. The first kappa shape index (κ1) is 15.7. The third-order valence-electron chi connectivity index (χ3n) is 3.08. The third-order valence-corrected chi connectivity index (χ3v) is 3.08. The van der Waals surface area contributed by atoms with E-state index in [1.807, 2.05) is 25.1 Å². The van der Waals surface area contributed by atoms with Gasteiger partial charge in [-0.3, -0.25) is 4.79 Å². The summed E-state index contributed by atoms with van der Waals surface area (Å²) < 4.78 is 0. The number of carbonyl (C=O) groups excluding carboxylic acids is 1. The maximum absolute atomic E-state index is 11.9. The van der Waals surface area contributed by atoms with Gasteiger partial charge in [-0.05, 0) is 38.3 Å². The van der Waals surface area contributed by atoms with Gasteiger partial charge >= 0.3 is 0 Å². The fourth-order valence-corrected chi connectivity index (χ4v) is 2.01. The van der Waals surface area contributed by atoms with Gasteiger partial charge in [0.25, 0.3) is 0 Å².